The van der Waals surface area contributed by atoms with Crippen LogP contribution in [-0.2, 0) is 6.42 Å². The van der Waals surface area contributed by atoms with E-state index >= 15 is 0 Å². The number of guanidine groups is 1. The van der Waals surface area contributed by atoms with E-state index < -0.39 is 0 Å². The van der Waals surface area contributed by atoms with Gasteiger partial charge in [0.25, 0.3) is 0 Å². The summed E-state index contributed by atoms with van der Waals surface area (Å²) in [5.41, 5.74) is 3.35. The lowest BCUT2D eigenvalue weighted by Crippen LogP contribution is -2.41. The molecule has 0 amide bonds. The Balaban J connectivity index is 1.86. The number of aryl methyl sites for hydroxylation is 1. The number of benzene rings is 1. The molecule has 0 saturated carbocycles. The monoisotopic (exact) mass is 356 g/mol. The minimum Gasteiger partial charge on any atom is -0.356 e. The van der Waals surface area contributed by atoms with Gasteiger partial charge in [-0.25, -0.2) is 4.39 Å². The van der Waals surface area contributed by atoms with Gasteiger partial charge in [0.05, 0.1) is 0 Å². The third kappa shape index (κ3) is 5.83. The summed E-state index contributed by atoms with van der Waals surface area (Å²) in [4.78, 5) is 8.53. The van der Waals surface area contributed by atoms with Crippen molar-refractivity contribution in [1.29, 1.82) is 0 Å². The molecule has 5 heteroatoms. The summed E-state index contributed by atoms with van der Waals surface area (Å²) in [5, 5.41) is 6.75. The quantitative estimate of drug-likeness (QED) is 0.588. The Morgan fingerprint density at radius 1 is 1.23 bits per heavy atom. The SMILES string of the molecule is CN=C(NCCc1ccc(F)cc1C)NCC(c1cccnc1)C(C)C. The highest BCUT2D eigenvalue weighted by Gasteiger charge is 2.16. The van der Waals surface area contributed by atoms with Gasteiger partial charge in [-0.3, -0.25) is 9.98 Å². The van der Waals surface area contributed by atoms with Crippen LogP contribution in [0, 0.1) is 18.7 Å². The predicted octanol–water partition coefficient (Wildman–Crippen LogP) is 3.68. The van der Waals surface area contributed by atoms with Gasteiger partial charge in [-0.15, -0.1) is 0 Å². The van der Waals surface area contributed by atoms with Crippen LogP contribution >= 0.6 is 0 Å². The van der Waals surface area contributed by atoms with Crippen LogP contribution in [-0.4, -0.2) is 31.1 Å². The number of rotatable bonds is 7. The van der Waals surface area contributed by atoms with Crippen molar-refractivity contribution in [3.63, 3.8) is 0 Å². The molecule has 1 atom stereocenters. The van der Waals surface area contributed by atoms with Crippen molar-refractivity contribution in [3.05, 3.63) is 65.2 Å². The van der Waals surface area contributed by atoms with Gasteiger partial charge in [0.1, 0.15) is 5.82 Å². The molecule has 0 fully saturated rings. The summed E-state index contributed by atoms with van der Waals surface area (Å²) >= 11 is 0. The Kier molecular flexibility index (Phi) is 7.57. The molecule has 1 heterocycles. The molecule has 0 bridgehead atoms. The lowest BCUT2D eigenvalue weighted by atomic mass is 9.89. The normalized spacial score (nSPS) is 12.9. The Morgan fingerprint density at radius 3 is 2.65 bits per heavy atom. The molecule has 4 nitrogen and oxygen atoms in total. The van der Waals surface area contributed by atoms with Crippen molar-refractivity contribution in [1.82, 2.24) is 15.6 Å². The second-order valence-corrected chi connectivity index (χ2v) is 6.84. The van der Waals surface area contributed by atoms with E-state index in [0.29, 0.717) is 11.8 Å². The summed E-state index contributed by atoms with van der Waals surface area (Å²) in [6.45, 7) is 7.90. The minimum atomic E-state index is -0.188. The van der Waals surface area contributed by atoms with Crippen molar-refractivity contribution in [2.45, 2.75) is 33.1 Å². The highest BCUT2D eigenvalue weighted by Crippen LogP contribution is 2.22. The molecular formula is C21H29FN4. The number of halogens is 1. The number of nitrogens with one attached hydrogen (secondary N) is 2. The minimum absolute atomic E-state index is 0.188. The first-order valence-corrected chi connectivity index (χ1v) is 9.10. The molecule has 0 radical (unpaired) electrons. The Bertz CT molecular complexity index is 713. The van der Waals surface area contributed by atoms with E-state index in [4.69, 9.17) is 0 Å². The molecule has 2 aromatic rings. The zero-order chi connectivity index (χ0) is 18.9. The molecule has 0 spiro atoms. The Morgan fingerprint density at radius 2 is 2.04 bits per heavy atom. The van der Waals surface area contributed by atoms with Gasteiger partial charge in [-0.05, 0) is 54.2 Å². The zero-order valence-corrected chi connectivity index (χ0v) is 16.1. The summed E-state index contributed by atoms with van der Waals surface area (Å²) in [6.07, 6.45) is 4.55. The van der Waals surface area contributed by atoms with E-state index in [1.165, 1.54) is 11.6 Å². The highest BCUT2D eigenvalue weighted by atomic mass is 19.1. The molecule has 0 aliphatic rings. The maximum Gasteiger partial charge on any atom is 0.191 e. The summed E-state index contributed by atoms with van der Waals surface area (Å²) in [7, 11) is 1.77. The predicted molar refractivity (Wildman–Crippen MR) is 106 cm³/mol. The van der Waals surface area contributed by atoms with Crippen LogP contribution < -0.4 is 10.6 Å². The smallest absolute Gasteiger partial charge is 0.191 e. The second-order valence-electron chi connectivity index (χ2n) is 6.84. The van der Waals surface area contributed by atoms with E-state index in [-0.39, 0.29) is 5.82 Å². The van der Waals surface area contributed by atoms with Crippen molar-refractivity contribution < 1.29 is 4.39 Å². The van der Waals surface area contributed by atoms with E-state index in [0.717, 1.165) is 36.6 Å². The van der Waals surface area contributed by atoms with Crippen LogP contribution in [0.1, 0.15) is 36.5 Å². The van der Waals surface area contributed by atoms with Gasteiger partial charge in [0.15, 0.2) is 5.96 Å². The second kappa shape index (κ2) is 9.90. The van der Waals surface area contributed by atoms with Crippen LogP contribution in [0.3, 0.4) is 0 Å². The molecule has 1 aromatic carbocycles. The van der Waals surface area contributed by atoms with Crippen LogP contribution in [0.4, 0.5) is 4.39 Å². The van der Waals surface area contributed by atoms with E-state index in [9.17, 15) is 4.39 Å². The summed E-state index contributed by atoms with van der Waals surface area (Å²) in [6, 6.07) is 9.02. The molecule has 2 rings (SSSR count). The van der Waals surface area contributed by atoms with Crippen LogP contribution in [0.5, 0.6) is 0 Å². The fraction of sp³-hybridized carbons (Fsp3) is 0.429. The van der Waals surface area contributed by atoms with Crippen LogP contribution in [0.2, 0.25) is 0 Å². The number of aliphatic imine (C=N–C) groups is 1. The van der Waals surface area contributed by atoms with Crippen molar-refractivity contribution in [2.75, 3.05) is 20.1 Å². The Hall–Kier alpha value is -2.43. The third-order valence-electron chi connectivity index (χ3n) is 4.62. The molecule has 2 N–H and O–H groups in total. The van der Waals surface area contributed by atoms with Crippen molar-refractivity contribution in [3.8, 4) is 0 Å². The number of pyridine rings is 1. The van der Waals surface area contributed by atoms with Gasteiger partial charge < -0.3 is 10.6 Å². The molecule has 26 heavy (non-hydrogen) atoms. The first kappa shape index (κ1) is 19.9. The maximum atomic E-state index is 13.2. The first-order chi connectivity index (χ1) is 12.5. The molecule has 0 aliphatic heterocycles. The maximum absolute atomic E-state index is 13.2. The van der Waals surface area contributed by atoms with Gasteiger partial charge in [0.2, 0.25) is 0 Å². The lowest BCUT2D eigenvalue weighted by Gasteiger charge is -2.23. The van der Waals surface area contributed by atoms with Gasteiger partial charge in [-0.2, -0.15) is 0 Å². The van der Waals surface area contributed by atoms with Gasteiger partial charge in [-0.1, -0.05) is 26.0 Å². The topological polar surface area (TPSA) is 49.3 Å². The average Bonchev–Trinajstić information content (AvgIpc) is 2.62. The van der Waals surface area contributed by atoms with E-state index in [2.05, 4.69) is 40.5 Å². The molecular weight excluding hydrogens is 327 g/mol. The molecule has 1 aromatic heterocycles. The number of nitrogens with zero attached hydrogens (tertiary/aromatic N) is 2. The summed E-state index contributed by atoms with van der Waals surface area (Å²) < 4.78 is 13.2. The van der Waals surface area contributed by atoms with Crippen LogP contribution in [0.15, 0.2) is 47.7 Å². The Labute approximate surface area is 156 Å². The lowest BCUT2D eigenvalue weighted by molar-refractivity contribution is 0.487. The average molecular weight is 356 g/mol. The first-order valence-electron chi connectivity index (χ1n) is 9.10. The van der Waals surface area contributed by atoms with Crippen LogP contribution in [0.25, 0.3) is 0 Å². The van der Waals surface area contributed by atoms with E-state index in [1.807, 2.05) is 25.3 Å². The van der Waals surface area contributed by atoms with Gasteiger partial charge in [0, 0.05) is 38.4 Å². The fourth-order valence-electron chi connectivity index (χ4n) is 3.02. The zero-order valence-electron chi connectivity index (χ0n) is 16.1. The molecule has 0 saturated heterocycles. The van der Waals surface area contributed by atoms with Crippen molar-refractivity contribution >= 4 is 5.96 Å². The molecule has 140 valence electrons. The van der Waals surface area contributed by atoms with E-state index in [1.54, 1.807) is 19.3 Å². The number of hydrogen-bond donors (Lipinski definition) is 2. The standard InChI is InChI=1S/C21H29FN4/c1-15(2)20(18-6-5-10-24-13-18)14-26-21(23-4)25-11-9-17-7-8-19(22)12-16(17)3/h5-8,10,12-13,15,20H,9,11,14H2,1-4H3,(H2,23,25,26). The number of hydrogen-bond acceptors (Lipinski definition) is 2. The molecule has 0 aliphatic carbocycles. The van der Waals surface area contributed by atoms with Crippen molar-refractivity contribution in [2.24, 2.45) is 10.9 Å². The fourth-order valence-corrected chi connectivity index (χ4v) is 3.02. The largest absolute Gasteiger partial charge is 0.356 e. The number of aromatic nitrogens is 1. The highest BCUT2D eigenvalue weighted by molar-refractivity contribution is 5.79. The van der Waals surface area contributed by atoms with Gasteiger partial charge >= 0.3 is 0 Å². The summed E-state index contributed by atoms with van der Waals surface area (Å²) in [5.74, 6) is 1.44. The third-order valence-corrected chi connectivity index (χ3v) is 4.62. The molecule has 1 unspecified atom stereocenters.